The summed E-state index contributed by atoms with van der Waals surface area (Å²) in [7, 11) is 0. The van der Waals surface area contributed by atoms with Gasteiger partial charge in [-0.2, -0.15) is 0 Å². The molecule has 0 radical (unpaired) electrons. The van der Waals surface area contributed by atoms with Crippen molar-refractivity contribution in [1.82, 2.24) is 9.55 Å². The summed E-state index contributed by atoms with van der Waals surface area (Å²) < 4.78 is 15.3. The Morgan fingerprint density at radius 2 is 2.38 bits per heavy atom. The molecule has 6 heteroatoms. The summed E-state index contributed by atoms with van der Waals surface area (Å²) in [5.41, 5.74) is 0.923. The van der Waals surface area contributed by atoms with E-state index in [1.807, 2.05) is 11.5 Å². The van der Waals surface area contributed by atoms with Crippen LogP contribution in [-0.2, 0) is 6.54 Å². The predicted octanol–water partition coefficient (Wildman–Crippen LogP) is 2.50. The van der Waals surface area contributed by atoms with Crippen LogP contribution in [0.15, 0.2) is 30.5 Å². The van der Waals surface area contributed by atoms with E-state index < -0.39 is 0 Å². The van der Waals surface area contributed by atoms with Gasteiger partial charge in [-0.15, -0.1) is 0 Å². The zero-order valence-corrected chi connectivity index (χ0v) is 11.8. The number of aryl methyl sites for hydroxylation is 1. The fourth-order valence-electron chi connectivity index (χ4n) is 2.51. The van der Waals surface area contributed by atoms with Crippen LogP contribution in [0, 0.1) is 5.82 Å². The summed E-state index contributed by atoms with van der Waals surface area (Å²) in [6.45, 7) is 4.04. The molecule has 1 N–H and O–H groups in total. The minimum atomic E-state index is -0.357. The molecule has 21 heavy (non-hydrogen) atoms. The number of carbonyl (C=O) groups is 1. The lowest BCUT2D eigenvalue weighted by Gasteiger charge is -2.19. The molecule has 0 bridgehead atoms. The van der Waals surface area contributed by atoms with Gasteiger partial charge in [0, 0.05) is 31.5 Å². The number of aromatic nitrogens is 2. The number of fused-ring (bicyclic) bond motifs is 1. The topological polar surface area (TPSA) is 50.2 Å². The van der Waals surface area contributed by atoms with Crippen molar-refractivity contribution in [2.24, 2.45) is 0 Å². The molecular weight excluding hydrogens is 271 g/mol. The highest BCUT2D eigenvalue weighted by atomic mass is 19.1. The van der Waals surface area contributed by atoms with E-state index in [0.29, 0.717) is 17.9 Å². The number of rotatable bonds is 3. The van der Waals surface area contributed by atoms with Gasteiger partial charge in [0.05, 0.1) is 0 Å². The van der Waals surface area contributed by atoms with E-state index >= 15 is 0 Å². The van der Waals surface area contributed by atoms with Crippen LogP contribution in [0.4, 0.5) is 16.0 Å². The van der Waals surface area contributed by atoms with Crippen LogP contribution in [0.2, 0.25) is 0 Å². The molecule has 1 aromatic heterocycles. The summed E-state index contributed by atoms with van der Waals surface area (Å²) in [6, 6.07) is 6.04. The first kappa shape index (κ1) is 13.6. The summed E-state index contributed by atoms with van der Waals surface area (Å²) in [6.07, 6.45) is 2.77. The van der Waals surface area contributed by atoms with E-state index in [0.717, 1.165) is 25.5 Å². The van der Waals surface area contributed by atoms with Crippen molar-refractivity contribution >= 4 is 17.5 Å². The first-order valence-electron chi connectivity index (χ1n) is 7.07. The van der Waals surface area contributed by atoms with Gasteiger partial charge >= 0.3 is 0 Å². The highest BCUT2D eigenvalue weighted by Crippen LogP contribution is 2.20. The van der Waals surface area contributed by atoms with E-state index in [1.54, 1.807) is 18.3 Å². The molecule has 1 aromatic carbocycles. The molecule has 1 amide bonds. The molecule has 0 saturated carbocycles. The van der Waals surface area contributed by atoms with Crippen LogP contribution in [0.25, 0.3) is 0 Å². The maximum absolute atomic E-state index is 13.3. The molecule has 1 aliphatic rings. The third-order valence-electron chi connectivity index (χ3n) is 3.54. The molecule has 0 aliphatic carbocycles. The van der Waals surface area contributed by atoms with E-state index in [4.69, 9.17) is 0 Å². The average molecular weight is 288 g/mol. The second-order valence-corrected chi connectivity index (χ2v) is 4.95. The molecule has 110 valence electrons. The van der Waals surface area contributed by atoms with Gasteiger partial charge in [0.25, 0.3) is 5.91 Å². The lowest BCUT2D eigenvalue weighted by atomic mass is 10.2. The van der Waals surface area contributed by atoms with Gasteiger partial charge in [0.15, 0.2) is 0 Å². The minimum Gasteiger partial charge on any atom is -0.356 e. The lowest BCUT2D eigenvalue weighted by molar-refractivity contribution is 0.0984. The van der Waals surface area contributed by atoms with Gasteiger partial charge in [-0.05, 0) is 31.5 Å². The number of benzene rings is 1. The van der Waals surface area contributed by atoms with Gasteiger partial charge in [-0.1, -0.05) is 6.07 Å². The molecule has 2 aromatic rings. The van der Waals surface area contributed by atoms with Crippen LogP contribution in [0.1, 0.15) is 23.8 Å². The quantitative estimate of drug-likeness (QED) is 0.944. The van der Waals surface area contributed by atoms with Gasteiger partial charge in [0.2, 0.25) is 5.95 Å². The Labute approximate surface area is 122 Å². The van der Waals surface area contributed by atoms with Crippen molar-refractivity contribution < 1.29 is 9.18 Å². The number of anilines is 2. The normalized spacial score (nSPS) is 13.4. The highest BCUT2D eigenvalue weighted by Gasteiger charge is 2.22. The van der Waals surface area contributed by atoms with Gasteiger partial charge in [-0.25, -0.2) is 9.37 Å². The number of amides is 1. The highest BCUT2D eigenvalue weighted by molar-refractivity contribution is 6.04. The molecule has 1 aliphatic heterocycles. The lowest BCUT2D eigenvalue weighted by Crippen LogP contribution is -2.31. The zero-order valence-electron chi connectivity index (χ0n) is 11.8. The van der Waals surface area contributed by atoms with Crippen molar-refractivity contribution in [3.05, 3.63) is 42.0 Å². The van der Waals surface area contributed by atoms with Crippen LogP contribution >= 0.6 is 0 Å². The third-order valence-corrected chi connectivity index (χ3v) is 3.54. The second kappa shape index (κ2) is 5.55. The summed E-state index contributed by atoms with van der Waals surface area (Å²) in [5.74, 6) is 0.149. The predicted molar refractivity (Wildman–Crippen MR) is 79.1 cm³/mol. The Hall–Kier alpha value is -2.37. The van der Waals surface area contributed by atoms with E-state index in [2.05, 4.69) is 10.3 Å². The average Bonchev–Trinajstić information content (AvgIpc) is 2.92. The van der Waals surface area contributed by atoms with E-state index in [1.165, 1.54) is 17.0 Å². The van der Waals surface area contributed by atoms with Crippen LogP contribution in [0.5, 0.6) is 0 Å². The number of carbonyl (C=O) groups excluding carboxylic acids is 1. The molecule has 0 atom stereocenters. The maximum Gasteiger partial charge on any atom is 0.278 e. The summed E-state index contributed by atoms with van der Waals surface area (Å²) in [4.78, 5) is 18.5. The van der Waals surface area contributed by atoms with E-state index in [-0.39, 0.29) is 11.7 Å². The Morgan fingerprint density at radius 3 is 3.10 bits per heavy atom. The van der Waals surface area contributed by atoms with Crippen LogP contribution in [-0.4, -0.2) is 28.5 Å². The molecule has 2 heterocycles. The van der Waals surface area contributed by atoms with Crippen molar-refractivity contribution in [2.45, 2.75) is 19.9 Å². The zero-order chi connectivity index (χ0) is 14.8. The van der Waals surface area contributed by atoms with E-state index in [9.17, 15) is 9.18 Å². The fraction of sp³-hybridized carbons (Fsp3) is 0.333. The molecule has 5 nitrogen and oxygen atoms in total. The standard InChI is InChI=1S/C15H17FN4O/c1-2-20(12-6-3-5-11(16)9-12)14(21)13-10-19-8-4-7-17-15(19)18-13/h3,5-6,9-10H,2,4,7-8H2,1H3,(H,17,18). The van der Waals surface area contributed by atoms with Crippen molar-refractivity contribution in [3.8, 4) is 0 Å². The minimum absolute atomic E-state index is 0.216. The molecule has 3 rings (SSSR count). The number of hydrogen-bond acceptors (Lipinski definition) is 3. The number of imidazole rings is 1. The fourth-order valence-corrected chi connectivity index (χ4v) is 2.51. The largest absolute Gasteiger partial charge is 0.356 e. The summed E-state index contributed by atoms with van der Waals surface area (Å²) >= 11 is 0. The van der Waals surface area contributed by atoms with Crippen LogP contribution < -0.4 is 10.2 Å². The maximum atomic E-state index is 13.3. The monoisotopic (exact) mass is 288 g/mol. The Kier molecular flexibility index (Phi) is 3.60. The first-order valence-corrected chi connectivity index (χ1v) is 7.07. The molecule has 0 spiro atoms. The Bertz CT molecular complexity index is 644. The van der Waals surface area contributed by atoms with Crippen LogP contribution in [0.3, 0.4) is 0 Å². The molecule has 0 fully saturated rings. The first-order chi connectivity index (χ1) is 10.2. The molecule has 0 unspecified atom stereocenters. The second-order valence-electron chi connectivity index (χ2n) is 4.95. The van der Waals surface area contributed by atoms with Crippen molar-refractivity contribution in [1.29, 1.82) is 0 Å². The number of halogens is 1. The molecular formula is C15H17FN4O. The Morgan fingerprint density at radius 1 is 1.52 bits per heavy atom. The number of nitrogens with one attached hydrogen (secondary N) is 1. The van der Waals surface area contributed by atoms with Gasteiger partial charge in [-0.3, -0.25) is 4.79 Å². The van der Waals surface area contributed by atoms with Gasteiger partial charge in [0.1, 0.15) is 11.5 Å². The number of hydrogen-bond donors (Lipinski definition) is 1. The van der Waals surface area contributed by atoms with Crippen molar-refractivity contribution in [2.75, 3.05) is 23.3 Å². The molecule has 0 saturated heterocycles. The number of nitrogens with zero attached hydrogens (tertiary/aromatic N) is 3. The summed E-state index contributed by atoms with van der Waals surface area (Å²) in [5, 5.41) is 3.16. The third kappa shape index (κ3) is 2.61. The SMILES string of the molecule is CCN(C(=O)c1cn2c(n1)NCCC2)c1cccc(F)c1. The van der Waals surface area contributed by atoms with Gasteiger partial charge < -0.3 is 14.8 Å². The smallest absolute Gasteiger partial charge is 0.278 e. The van der Waals surface area contributed by atoms with Crippen molar-refractivity contribution in [3.63, 3.8) is 0 Å². The Balaban J connectivity index is 1.90.